The summed E-state index contributed by atoms with van der Waals surface area (Å²) in [5.74, 6) is -1.29. The van der Waals surface area contributed by atoms with E-state index in [0.29, 0.717) is 32.0 Å². The number of ether oxygens (including phenoxy) is 4. The molecule has 1 aromatic rings. The van der Waals surface area contributed by atoms with Crippen molar-refractivity contribution in [3.05, 3.63) is 59.9 Å². The molecule has 1 saturated heterocycles. The summed E-state index contributed by atoms with van der Waals surface area (Å²) in [4.78, 5) is 39.0. The number of rotatable bonds is 11. The lowest BCUT2D eigenvalue weighted by Gasteiger charge is -2.29. The molecule has 1 N–H and O–H groups in total. The predicted molar refractivity (Wildman–Crippen MR) is 117 cm³/mol. The molecule has 3 atom stereocenters. The summed E-state index contributed by atoms with van der Waals surface area (Å²) in [6.45, 7) is 3.12. The molecule has 0 saturated carbocycles. The number of carbonyl (C=O) groups excluding carboxylic acids is 3. The average molecular weight is 459 g/mol. The molecular formula is C24H29NO8. The summed E-state index contributed by atoms with van der Waals surface area (Å²) in [6, 6.07) is 8.60. The molecule has 3 unspecified atom stereocenters. The lowest BCUT2D eigenvalue weighted by Crippen LogP contribution is -2.45. The molecule has 3 rings (SSSR count). The number of cyclic esters (lactones) is 1. The van der Waals surface area contributed by atoms with Crippen LogP contribution in [0.2, 0.25) is 0 Å². The highest BCUT2D eigenvalue weighted by Gasteiger charge is 2.44. The molecule has 2 aliphatic rings. The Hall–Kier alpha value is -3.01. The summed E-state index contributed by atoms with van der Waals surface area (Å²) >= 11 is 0. The van der Waals surface area contributed by atoms with Gasteiger partial charge in [0.25, 0.3) is 0 Å². The van der Waals surface area contributed by atoms with Gasteiger partial charge in [-0.15, -0.1) is 0 Å². The van der Waals surface area contributed by atoms with E-state index in [1.165, 1.54) is 6.08 Å². The Morgan fingerprint density at radius 3 is 2.61 bits per heavy atom. The number of aliphatic hydroxyl groups is 1. The van der Waals surface area contributed by atoms with E-state index >= 15 is 0 Å². The molecule has 9 heteroatoms. The van der Waals surface area contributed by atoms with Crippen molar-refractivity contribution in [1.29, 1.82) is 0 Å². The summed E-state index contributed by atoms with van der Waals surface area (Å²) in [7, 11) is 0. The van der Waals surface area contributed by atoms with E-state index in [-0.39, 0.29) is 25.6 Å². The van der Waals surface area contributed by atoms with E-state index in [1.54, 1.807) is 19.1 Å². The van der Waals surface area contributed by atoms with Crippen molar-refractivity contribution in [3.63, 3.8) is 0 Å². The third kappa shape index (κ3) is 6.50. The van der Waals surface area contributed by atoms with Crippen molar-refractivity contribution in [2.45, 2.75) is 25.5 Å². The van der Waals surface area contributed by atoms with Crippen molar-refractivity contribution >= 4 is 17.8 Å². The Balaban J connectivity index is 1.57. The highest BCUT2D eigenvalue weighted by molar-refractivity contribution is 6.01. The van der Waals surface area contributed by atoms with Crippen LogP contribution in [0.3, 0.4) is 0 Å². The van der Waals surface area contributed by atoms with Gasteiger partial charge in [-0.1, -0.05) is 30.3 Å². The first-order chi connectivity index (χ1) is 16.0. The van der Waals surface area contributed by atoms with Crippen molar-refractivity contribution in [2.75, 3.05) is 39.6 Å². The zero-order valence-corrected chi connectivity index (χ0v) is 18.6. The Kier molecular flexibility index (Phi) is 9.17. The molecule has 1 fully saturated rings. The van der Waals surface area contributed by atoms with Gasteiger partial charge in [0.05, 0.1) is 39.0 Å². The summed E-state index contributed by atoms with van der Waals surface area (Å²) in [5.41, 5.74) is 0.780. The molecule has 0 bridgehead atoms. The van der Waals surface area contributed by atoms with Gasteiger partial charge in [-0.2, -0.15) is 0 Å². The first-order valence-electron chi connectivity index (χ1n) is 10.9. The number of imide groups is 1. The lowest BCUT2D eigenvalue weighted by molar-refractivity contribution is -0.142. The maximum atomic E-state index is 13.2. The van der Waals surface area contributed by atoms with Crippen molar-refractivity contribution in [3.8, 4) is 0 Å². The van der Waals surface area contributed by atoms with Gasteiger partial charge in [-0.25, -0.2) is 9.69 Å². The number of benzene rings is 1. The van der Waals surface area contributed by atoms with E-state index in [9.17, 15) is 14.4 Å². The second-order valence-corrected chi connectivity index (χ2v) is 7.62. The first kappa shape index (κ1) is 24.6. The minimum Gasteiger partial charge on any atom is -0.482 e. The number of carbonyl (C=O) groups is 3. The van der Waals surface area contributed by atoms with Crippen LogP contribution in [0, 0.1) is 5.92 Å². The number of nitrogens with zero attached hydrogens (tertiary/aromatic N) is 1. The van der Waals surface area contributed by atoms with Gasteiger partial charge in [0.15, 0.2) is 11.9 Å². The highest BCUT2D eigenvalue weighted by atomic mass is 16.6. The van der Waals surface area contributed by atoms with Gasteiger partial charge in [0.1, 0.15) is 18.4 Å². The van der Waals surface area contributed by atoms with Gasteiger partial charge in [0, 0.05) is 0 Å². The van der Waals surface area contributed by atoms with Gasteiger partial charge in [-0.3, -0.25) is 9.59 Å². The van der Waals surface area contributed by atoms with E-state index in [4.69, 9.17) is 24.1 Å². The molecule has 33 heavy (non-hydrogen) atoms. The van der Waals surface area contributed by atoms with Gasteiger partial charge in [-0.05, 0) is 37.1 Å². The zero-order chi connectivity index (χ0) is 23.6. The average Bonchev–Trinajstić information content (AvgIpc) is 3.22. The number of allylic oxidation sites excluding steroid dienone is 1. The quantitative estimate of drug-likeness (QED) is 0.501. The molecule has 2 amide bonds. The van der Waals surface area contributed by atoms with E-state index in [1.807, 2.05) is 30.3 Å². The summed E-state index contributed by atoms with van der Waals surface area (Å²) in [6.07, 6.45) is 3.49. The third-order valence-electron chi connectivity index (χ3n) is 5.31. The maximum absolute atomic E-state index is 13.2. The molecule has 2 heterocycles. The molecule has 0 aromatic heterocycles. The smallest absolute Gasteiger partial charge is 0.417 e. The number of ketones is 1. The Morgan fingerprint density at radius 2 is 1.88 bits per heavy atom. The number of amides is 2. The Labute approximate surface area is 192 Å². The van der Waals surface area contributed by atoms with E-state index in [0.717, 1.165) is 10.5 Å². The highest BCUT2D eigenvalue weighted by Crippen LogP contribution is 2.31. The van der Waals surface area contributed by atoms with E-state index in [2.05, 4.69) is 0 Å². The van der Waals surface area contributed by atoms with Gasteiger partial charge >= 0.3 is 6.09 Å². The molecule has 178 valence electrons. The van der Waals surface area contributed by atoms with E-state index < -0.39 is 30.1 Å². The number of aliphatic hydroxyl groups excluding tert-OH is 1. The van der Waals surface area contributed by atoms with Gasteiger partial charge < -0.3 is 24.1 Å². The second kappa shape index (κ2) is 12.3. The minimum atomic E-state index is -1.04. The van der Waals surface area contributed by atoms with Crippen LogP contribution in [0.25, 0.3) is 0 Å². The fourth-order valence-corrected chi connectivity index (χ4v) is 3.57. The van der Waals surface area contributed by atoms with Crippen LogP contribution in [0.15, 0.2) is 54.3 Å². The van der Waals surface area contributed by atoms with Crippen LogP contribution in [0.1, 0.15) is 24.9 Å². The SMILES string of the molecule is CC(C(=O)N1C(=O)OCC1c1ccccc1)C1OC(=CCCOCCOCCO)C=CC1=O. The van der Waals surface area contributed by atoms with Gasteiger partial charge in [0.2, 0.25) is 5.91 Å². The molecule has 0 spiro atoms. The number of hydrogen-bond donors (Lipinski definition) is 1. The summed E-state index contributed by atoms with van der Waals surface area (Å²) in [5, 5.41) is 8.64. The van der Waals surface area contributed by atoms with Crippen LogP contribution in [0.4, 0.5) is 4.79 Å². The summed E-state index contributed by atoms with van der Waals surface area (Å²) < 4.78 is 21.5. The molecule has 0 aliphatic carbocycles. The molecule has 1 aromatic carbocycles. The normalized spacial score (nSPS) is 22.4. The van der Waals surface area contributed by atoms with Crippen molar-refractivity contribution in [2.24, 2.45) is 5.92 Å². The van der Waals surface area contributed by atoms with Crippen LogP contribution < -0.4 is 0 Å². The predicted octanol–water partition coefficient (Wildman–Crippen LogP) is 2.17. The molecule has 9 nitrogen and oxygen atoms in total. The van der Waals surface area contributed by atoms with Crippen molar-refractivity contribution < 1.29 is 38.4 Å². The second-order valence-electron chi connectivity index (χ2n) is 7.62. The molecule has 0 radical (unpaired) electrons. The fourth-order valence-electron chi connectivity index (χ4n) is 3.57. The van der Waals surface area contributed by atoms with Crippen molar-refractivity contribution in [1.82, 2.24) is 4.90 Å². The van der Waals surface area contributed by atoms with Crippen LogP contribution in [-0.2, 0) is 28.5 Å². The maximum Gasteiger partial charge on any atom is 0.417 e. The van der Waals surface area contributed by atoms with Crippen LogP contribution in [-0.4, -0.2) is 73.5 Å². The topological polar surface area (TPSA) is 112 Å². The third-order valence-corrected chi connectivity index (χ3v) is 5.31. The fraction of sp³-hybridized carbons (Fsp3) is 0.458. The largest absolute Gasteiger partial charge is 0.482 e. The van der Waals surface area contributed by atoms with Crippen LogP contribution >= 0.6 is 0 Å². The molecule has 2 aliphatic heterocycles. The number of hydrogen-bond acceptors (Lipinski definition) is 8. The molecular weight excluding hydrogens is 430 g/mol. The lowest BCUT2D eigenvalue weighted by atomic mass is 9.96. The zero-order valence-electron chi connectivity index (χ0n) is 18.6. The standard InChI is InChI=1S/C24H29NO8/c1-17(23(28)25-20(16-32-24(25)29)18-6-3-2-4-7-18)22-21(27)10-9-19(33-22)8-5-12-30-14-15-31-13-11-26/h2-4,6-10,17,20,22,26H,5,11-16H2,1H3. The monoisotopic (exact) mass is 459 g/mol. The Morgan fingerprint density at radius 1 is 1.15 bits per heavy atom. The first-order valence-corrected chi connectivity index (χ1v) is 10.9. The van der Waals surface area contributed by atoms with Crippen LogP contribution in [0.5, 0.6) is 0 Å². The minimum absolute atomic E-state index is 0.0254. The Bertz CT molecular complexity index is 882.